The predicted molar refractivity (Wildman–Crippen MR) is 110 cm³/mol. The van der Waals surface area contributed by atoms with Crippen molar-refractivity contribution in [3.8, 4) is 5.75 Å². The van der Waals surface area contributed by atoms with Crippen molar-refractivity contribution in [2.24, 2.45) is 0 Å². The third-order valence-electron chi connectivity index (χ3n) is 4.07. The summed E-state index contributed by atoms with van der Waals surface area (Å²) in [6.45, 7) is 1.99. The van der Waals surface area contributed by atoms with E-state index in [0.29, 0.717) is 23.7 Å². The number of amides is 2. The van der Waals surface area contributed by atoms with E-state index in [0.717, 1.165) is 10.0 Å². The number of ether oxygens (including phenoxy) is 1. The van der Waals surface area contributed by atoms with Crippen LogP contribution in [0.5, 0.6) is 5.75 Å². The number of carbonyl (C=O) groups is 2. The Kier molecular flexibility index (Phi) is 8.13. The van der Waals surface area contributed by atoms with E-state index in [4.69, 9.17) is 16.3 Å². The molecule has 2 aromatic rings. The Labute approximate surface area is 172 Å². The molecular weight excluding hydrogens is 432 g/mol. The van der Waals surface area contributed by atoms with Gasteiger partial charge in [-0.3, -0.25) is 9.59 Å². The summed E-state index contributed by atoms with van der Waals surface area (Å²) < 4.78 is 6.43. The van der Waals surface area contributed by atoms with E-state index in [1.807, 2.05) is 37.3 Å². The Morgan fingerprint density at radius 2 is 1.93 bits per heavy atom. The van der Waals surface area contributed by atoms with E-state index in [1.54, 1.807) is 30.1 Å². The molecule has 5 nitrogen and oxygen atoms in total. The highest BCUT2D eigenvalue weighted by Gasteiger charge is 2.28. The average molecular weight is 454 g/mol. The first-order valence-corrected chi connectivity index (χ1v) is 9.76. The Morgan fingerprint density at radius 3 is 2.52 bits per heavy atom. The van der Waals surface area contributed by atoms with Crippen molar-refractivity contribution in [2.75, 3.05) is 13.7 Å². The van der Waals surface area contributed by atoms with Gasteiger partial charge in [0.25, 0.3) is 5.91 Å². The first kappa shape index (κ1) is 21.3. The van der Waals surface area contributed by atoms with Crippen molar-refractivity contribution in [3.63, 3.8) is 0 Å². The lowest BCUT2D eigenvalue weighted by Gasteiger charge is -2.30. The van der Waals surface area contributed by atoms with Crippen molar-refractivity contribution < 1.29 is 14.3 Å². The molecule has 0 saturated carbocycles. The second-order valence-corrected chi connectivity index (χ2v) is 7.23. The third kappa shape index (κ3) is 5.97. The molecule has 0 saturated heterocycles. The molecule has 2 amide bonds. The molecule has 0 aromatic heterocycles. The van der Waals surface area contributed by atoms with Crippen molar-refractivity contribution in [1.29, 1.82) is 0 Å². The zero-order valence-corrected chi connectivity index (χ0v) is 17.6. The SMILES string of the molecule is CC[C@@H](C(=O)NC)N(Cc1ccccc1)C(=O)COc1ccc(Br)cc1Cl. The van der Waals surface area contributed by atoms with Gasteiger partial charge in [-0.15, -0.1) is 0 Å². The normalized spacial score (nSPS) is 11.6. The van der Waals surface area contributed by atoms with Crippen LogP contribution in [0.2, 0.25) is 5.02 Å². The fraction of sp³-hybridized carbons (Fsp3) is 0.300. The molecule has 0 fully saturated rings. The van der Waals surface area contributed by atoms with Crippen LogP contribution in [0.4, 0.5) is 0 Å². The van der Waals surface area contributed by atoms with Crippen LogP contribution in [0, 0.1) is 0 Å². The van der Waals surface area contributed by atoms with Crippen LogP contribution in [0.3, 0.4) is 0 Å². The molecule has 1 atom stereocenters. The van der Waals surface area contributed by atoms with Crippen LogP contribution in [0.1, 0.15) is 18.9 Å². The van der Waals surface area contributed by atoms with E-state index in [1.165, 1.54) is 0 Å². The summed E-state index contributed by atoms with van der Waals surface area (Å²) in [5.74, 6) is -0.0717. The number of likely N-dealkylation sites (N-methyl/N-ethyl adjacent to an activating group) is 1. The van der Waals surface area contributed by atoms with Crippen molar-refractivity contribution >= 4 is 39.3 Å². The Bertz CT molecular complexity index is 786. The third-order valence-corrected chi connectivity index (χ3v) is 4.86. The minimum absolute atomic E-state index is 0.205. The molecule has 2 rings (SSSR count). The average Bonchev–Trinajstić information content (AvgIpc) is 2.67. The molecule has 1 N–H and O–H groups in total. The van der Waals surface area contributed by atoms with E-state index in [2.05, 4.69) is 21.2 Å². The first-order chi connectivity index (χ1) is 13.0. The van der Waals surface area contributed by atoms with Gasteiger partial charge < -0.3 is 15.0 Å². The summed E-state index contributed by atoms with van der Waals surface area (Å²) in [4.78, 5) is 26.7. The maximum absolute atomic E-state index is 12.9. The highest BCUT2D eigenvalue weighted by atomic mass is 79.9. The lowest BCUT2D eigenvalue weighted by molar-refractivity contribution is -0.142. The summed E-state index contributed by atoms with van der Waals surface area (Å²) >= 11 is 9.47. The minimum Gasteiger partial charge on any atom is -0.482 e. The van der Waals surface area contributed by atoms with E-state index in [9.17, 15) is 9.59 Å². The maximum atomic E-state index is 12.9. The molecule has 7 heteroatoms. The van der Waals surface area contributed by atoms with E-state index in [-0.39, 0.29) is 18.4 Å². The number of hydrogen-bond donors (Lipinski definition) is 1. The summed E-state index contributed by atoms with van der Waals surface area (Å²) in [5.41, 5.74) is 0.940. The van der Waals surface area contributed by atoms with Gasteiger partial charge in [-0.05, 0) is 30.2 Å². The molecule has 0 aliphatic carbocycles. The number of benzene rings is 2. The smallest absolute Gasteiger partial charge is 0.261 e. The number of carbonyl (C=O) groups excluding carboxylic acids is 2. The second-order valence-electron chi connectivity index (χ2n) is 5.91. The molecule has 0 spiro atoms. The van der Waals surface area contributed by atoms with Gasteiger partial charge in [-0.25, -0.2) is 0 Å². The summed E-state index contributed by atoms with van der Waals surface area (Å²) in [6, 6.07) is 14.1. The zero-order chi connectivity index (χ0) is 19.8. The molecule has 27 heavy (non-hydrogen) atoms. The van der Waals surface area contributed by atoms with Gasteiger partial charge in [0.2, 0.25) is 5.91 Å². The van der Waals surface area contributed by atoms with Gasteiger partial charge in [-0.2, -0.15) is 0 Å². The molecule has 0 bridgehead atoms. The Morgan fingerprint density at radius 1 is 1.22 bits per heavy atom. The molecule has 0 aliphatic rings. The summed E-state index contributed by atoms with van der Waals surface area (Å²) in [5, 5.41) is 3.03. The number of nitrogens with zero attached hydrogens (tertiary/aromatic N) is 1. The molecule has 0 heterocycles. The van der Waals surface area contributed by atoms with E-state index >= 15 is 0 Å². The fourth-order valence-electron chi connectivity index (χ4n) is 2.68. The second kappa shape index (κ2) is 10.3. The lowest BCUT2D eigenvalue weighted by atomic mass is 10.1. The molecule has 0 radical (unpaired) electrons. The highest BCUT2D eigenvalue weighted by molar-refractivity contribution is 9.10. The van der Waals surface area contributed by atoms with Gasteiger partial charge in [0.15, 0.2) is 6.61 Å². The lowest BCUT2D eigenvalue weighted by Crippen LogP contribution is -2.49. The van der Waals surface area contributed by atoms with Gasteiger partial charge in [0, 0.05) is 18.1 Å². The predicted octanol–water partition coefficient (Wildman–Crippen LogP) is 4.03. The quantitative estimate of drug-likeness (QED) is 0.656. The first-order valence-electron chi connectivity index (χ1n) is 8.59. The topological polar surface area (TPSA) is 58.6 Å². The van der Waals surface area contributed by atoms with Crippen LogP contribution in [-0.4, -0.2) is 36.4 Å². The number of hydrogen-bond acceptors (Lipinski definition) is 3. The van der Waals surface area contributed by atoms with E-state index < -0.39 is 6.04 Å². The van der Waals surface area contributed by atoms with Crippen LogP contribution in [0.15, 0.2) is 53.0 Å². The minimum atomic E-state index is -0.577. The van der Waals surface area contributed by atoms with Crippen LogP contribution in [-0.2, 0) is 16.1 Å². The number of nitrogens with one attached hydrogen (secondary N) is 1. The number of halogens is 2. The van der Waals surface area contributed by atoms with Crippen molar-refractivity contribution in [1.82, 2.24) is 10.2 Å². The summed E-state index contributed by atoms with van der Waals surface area (Å²) in [7, 11) is 1.56. The highest BCUT2D eigenvalue weighted by Crippen LogP contribution is 2.27. The molecule has 0 aliphatic heterocycles. The van der Waals surface area contributed by atoms with Gasteiger partial charge in [0.1, 0.15) is 11.8 Å². The standard InChI is InChI=1S/C20H22BrClN2O3/c1-3-17(20(26)23-2)24(12-14-7-5-4-6-8-14)19(25)13-27-18-10-9-15(21)11-16(18)22/h4-11,17H,3,12-13H2,1-2H3,(H,23,26)/t17-/m0/s1. The maximum Gasteiger partial charge on any atom is 0.261 e. The largest absolute Gasteiger partial charge is 0.482 e. The van der Waals surface area contributed by atoms with Gasteiger partial charge >= 0.3 is 0 Å². The Hall–Kier alpha value is -2.05. The zero-order valence-electron chi connectivity index (χ0n) is 15.2. The summed E-state index contributed by atoms with van der Waals surface area (Å²) in [6.07, 6.45) is 0.497. The number of rotatable bonds is 8. The Balaban J connectivity index is 2.17. The van der Waals surface area contributed by atoms with Gasteiger partial charge in [0.05, 0.1) is 5.02 Å². The van der Waals surface area contributed by atoms with Crippen molar-refractivity contribution in [3.05, 3.63) is 63.6 Å². The van der Waals surface area contributed by atoms with Crippen LogP contribution >= 0.6 is 27.5 Å². The fourth-order valence-corrected chi connectivity index (χ4v) is 3.41. The monoisotopic (exact) mass is 452 g/mol. The molecular formula is C20H22BrClN2O3. The molecule has 0 unspecified atom stereocenters. The van der Waals surface area contributed by atoms with Crippen LogP contribution in [0.25, 0.3) is 0 Å². The molecule has 144 valence electrons. The van der Waals surface area contributed by atoms with Gasteiger partial charge in [-0.1, -0.05) is 64.8 Å². The van der Waals surface area contributed by atoms with Crippen molar-refractivity contribution in [2.45, 2.75) is 25.9 Å². The van der Waals surface area contributed by atoms with Crippen LogP contribution < -0.4 is 10.1 Å². The molecule has 2 aromatic carbocycles.